The van der Waals surface area contributed by atoms with Crippen LogP contribution in [0.3, 0.4) is 0 Å². The second-order valence-electron chi connectivity index (χ2n) is 5.06. The maximum atomic E-state index is 12.2. The Kier molecular flexibility index (Phi) is 5.73. The zero-order chi connectivity index (χ0) is 16.7. The molecule has 2 rings (SSSR count). The maximum Gasteiger partial charge on any atom is 0.255 e. The molecular formula is C18H18N2O3. The number of nitrogens with zero attached hydrogens (tertiary/aromatic N) is 2. The number of hydrogen-bond donors (Lipinski definition) is 1. The average molecular weight is 310 g/mol. The Hall–Kier alpha value is -2.84. The van der Waals surface area contributed by atoms with Crippen LogP contribution in [0.5, 0.6) is 5.75 Å². The fourth-order valence-corrected chi connectivity index (χ4v) is 2.05. The summed E-state index contributed by atoms with van der Waals surface area (Å²) in [5.74, 6) is 0.194. The van der Waals surface area contributed by atoms with Gasteiger partial charge in [-0.3, -0.25) is 4.79 Å². The number of ether oxygens (including phenoxy) is 1. The van der Waals surface area contributed by atoms with Gasteiger partial charge in [-0.25, -0.2) is 0 Å². The summed E-state index contributed by atoms with van der Waals surface area (Å²) in [6.07, 6.45) is -1.18. The minimum Gasteiger partial charge on any atom is -0.492 e. The molecule has 1 unspecified atom stereocenters. The van der Waals surface area contributed by atoms with Crippen LogP contribution in [-0.4, -0.2) is 36.1 Å². The Morgan fingerprint density at radius 3 is 2.70 bits per heavy atom. The summed E-state index contributed by atoms with van der Waals surface area (Å²) in [6, 6.07) is 17.7. The molecule has 0 spiro atoms. The minimum absolute atomic E-state index is 0.276. The van der Waals surface area contributed by atoms with Crippen LogP contribution in [0.25, 0.3) is 0 Å². The van der Waals surface area contributed by atoms with Crippen LogP contribution < -0.4 is 4.74 Å². The van der Waals surface area contributed by atoms with Gasteiger partial charge in [0.05, 0.1) is 18.2 Å². The van der Waals surface area contributed by atoms with Crippen molar-refractivity contribution < 1.29 is 14.6 Å². The second kappa shape index (κ2) is 7.97. The lowest BCUT2D eigenvalue weighted by atomic mass is 10.1. The van der Waals surface area contributed by atoms with Crippen molar-refractivity contribution in [2.24, 2.45) is 0 Å². The molecule has 0 aromatic heterocycles. The highest BCUT2D eigenvalue weighted by Gasteiger charge is 2.20. The highest BCUT2D eigenvalue weighted by molar-refractivity contribution is 5.81. The molecule has 0 saturated heterocycles. The van der Waals surface area contributed by atoms with Gasteiger partial charge in [0.1, 0.15) is 12.4 Å². The third-order valence-corrected chi connectivity index (χ3v) is 3.38. The number of aliphatic hydroxyl groups is 1. The summed E-state index contributed by atoms with van der Waals surface area (Å²) < 4.78 is 5.53. The first kappa shape index (κ1) is 16.5. The molecule has 0 bridgehead atoms. The maximum absolute atomic E-state index is 12.2. The molecule has 2 aromatic carbocycles. The van der Waals surface area contributed by atoms with E-state index >= 15 is 0 Å². The van der Waals surface area contributed by atoms with E-state index in [1.807, 2.05) is 12.1 Å². The zero-order valence-electron chi connectivity index (χ0n) is 12.8. The summed E-state index contributed by atoms with van der Waals surface area (Å²) >= 11 is 0. The summed E-state index contributed by atoms with van der Waals surface area (Å²) in [5, 5.41) is 18.9. The number of rotatable bonds is 6. The van der Waals surface area contributed by atoms with E-state index in [0.717, 1.165) is 0 Å². The number of aliphatic hydroxyl groups excluding tert-OH is 1. The van der Waals surface area contributed by atoms with E-state index in [1.54, 1.807) is 55.6 Å². The molecular weight excluding hydrogens is 292 g/mol. The summed E-state index contributed by atoms with van der Waals surface area (Å²) in [5.41, 5.74) is 1.08. The number of carbonyl (C=O) groups excluding carboxylic acids is 1. The lowest BCUT2D eigenvalue weighted by Gasteiger charge is -2.21. The Balaban J connectivity index is 1.85. The van der Waals surface area contributed by atoms with Crippen molar-refractivity contribution >= 4 is 5.91 Å². The van der Waals surface area contributed by atoms with Crippen molar-refractivity contribution in [1.82, 2.24) is 4.90 Å². The van der Waals surface area contributed by atoms with Crippen molar-refractivity contribution in [3.05, 3.63) is 65.7 Å². The standard InChI is InChI=1S/C18H18N2O3/c1-20(18(22)17(21)15-7-3-2-4-8-15)10-11-23-16-9-5-6-14(12-16)13-19/h2-9,12,17,21H,10-11H2,1H3. The fourth-order valence-electron chi connectivity index (χ4n) is 2.05. The molecule has 0 heterocycles. The molecule has 0 aliphatic heterocycles. The lowest BCUT2D eigenvalue weighted by Crippen LogP contribution is -2.34. The van der Waals surface area contributed by atoms with Crippen molar-refractivity contribution in [2.45, 2.75) is 6.10 Å². The van der Waals surface area contributed by atoms with Crippen LogP contribution in [0.4, 0.5) is 0 Å². The summed E-state index contributed by atoms with van der Waals surface area (Å²) in [6.45, 7) is 0.609. The first-order chi connectivity index (χ1) is 11.1. The van der Waals surface area contributed by atoms with Crippen LogP contribution in [-0.2, 0) is 4.79 Å². The van der Waals surface area contributed by atoms with Crippen LogP contribution in [0.1, 0.15) is 17.2 Å². The lowest BCUT2D eigenvalue weighted by molar-refractivity contribution is -0.139. The molecule has 5 nitrogen and oxygen atoms in total. The quantitative estimate of drug-likeness (QED) is 0.887. The Morgan fingerprint density at radius 2 is 2.00 bits per heavy atom. The largest absolute Gasteiger partial charge is 0.492 e. The van der Waals surface area contributed by atoms with Crippen LogP contribution >= 0.6 is 0 Å². The van der Waals surface area contributed by atoms with Crippen molar-refractivity contribution in [3.8, 4) is 11.8 Å². The number of likely N-dealkylation sites (N-methyl/N-ethyl adjacent to an activating group) is 1. The average Bonchev–Trinajstić information content (AvgIpc) is 2.61. The fraction of sp³-hybridized carbons (Fsp3) is 0.222. The van der Waals surface area contributed by atoms with Crippen LogP contribution in [0.2, 0.25) is 0 Å². The van der Waals surface area contributed by atoms with E-state index in [2.05, 4.69) is 0 Å². The van der Waals surface area contributed by atoms with Gasteiger partial charge in [0.2, 0.25) is 0 Å². The third-order valence-electron chi connectivity index (χ3n) is 3.38. The van der Waals surface area contributed by atoms with Gasteiger partial charge in [-0.05, 0) is 23.8 Å². The van der Waals surface area contributed by atoms with Gasteiger partial charge in [-0.1, -0.05) is 36.4 Å². The summed E-state index contributed by atoms with van der Waals surface area (Å²) in [4.78, 5) is 13.6. The smallest absolute Gasteiger partial charge is 0.255 e. The van der Waals surface area contributed by atoms with E-state index in [9.17, 15) is 9.90 Å². The zero-order valence-corrected chi connectivity index (χ0v) is 12.8. The second-order valence-corrected chi connectivity index (χ2v) is 5.06. The number of carbonyl (C=O) groups is 1. The van der Waals surface area contributed by atoms with Gasteiger partial charge < -0.3 is 14.7 Å². The van der Waals surface area contributed by atoms with E-state index in [-0.39, 0.29) is 12.5 Å². The molecule has 5 heteroatoms. The van der Waals surface area contributed by atoms with Crippen molar-refractivity contribution in [1.29, 1.82) is 5.26 Å². The Labute approximate surface area is 135 Å². The van der Waals surface area contributed by atoms with E-state index in [1.165, 1.54) is 4.90 Å². The van der Waals surface area contributed by atoms with Gasteiger partial charge in [-0.15, -0.1) is 0 Å². The normalized spacial score (nSPS) is 11.3. The molecule has 1 amide bonds. The topological polar surface area (TPSA) is 73.6 Å². The number of amides is 1. The van der Waals surface area contributed by atoms with Gasteiger partial charge in [0.15, 0.2) is 6.10 Å². The Morgan fingerprint density at radius 1 is 1.26 bits per heavy atom. The van der Waals surface area contributed by atoms with E-state index < -0.39 is 6.10 Å². The first-order valence-electron chi connectivity index (χ1n) is 7.23. The van der Waals surface area contributed by atoms with Gasteiger partial charge in [0.25, 0.3) is 5.91 Å². The van der Waals surface area contributed by atoms with Crippen LogP contribution in [0, 0.1) is 11.3 Å². The molecule has 0 radical (unpaired) electrons. The minimum atomic E-state index is -1.18. The molecule has 0 aliphatic rings. The molecule has 0 aliphatic carbocycles. The highest BCUT2D eigenvalue weighted by atomic mass is 16.5. The predicted molar refractivity (Wildman–Crippen MR) is 85.7 cm³/mol. The van der Waals surface area contributed by atoms with Crippen molar-refractivity contribution in [3.63, 3.8) is 0 Å². The third kappa shape index (κ3) is 4.56. The van der Waals surface area contributed by atoms with Crippen molar-refractivity contribution in [2.75, 3.05) is 20.2 Å². The predicted octanol–water partition coefficient (Wildman–Crippen LogP) is 2.13. The first-order valence-corrected chi connectivity index (χ1v) is 7.23. The molecule has 1 atom stereocenters. The molecule has 23 heavy (non-hydrogen) atoms. The van der Waals surface area contributed by atoms with Gasteiger partial charge in [-0.2, -0.15) is 5.26 Å². The molecule has 0 saturated carbocycles. The van der Waals surface area contributed by atoms with Gasteiger partial charge in [0, 0.05) is 7.05 Å². The van der Waals surface area contributed by atoms with Crippen LogP contribution in [0.15, 0.2) is 54.6 Å². The molecule has 2 aromatic rings. The Bertz CT molecular complexity index is 695. The SMILES string of the molecule is CN(CCOc1cccc(C#N)c1)C(=O)C(O)c1ccccc1. The molecule has 118 valence electrons. The summed E-state index contributed by atoms with van der Waals surface area (Å²) in [7, 11) is 1.61. The monoisotopic (exact) mass is 310 g/mol. The molecule has 0 fully saturated rings. The van der Waals surface area contributed by atoms with Gasteiger partial charge >= 0.3 is 0 Å². The van der Waals surface area contributed by atoms with E-state index in [4.69, 9.17) is 10.00 Å². The van der Waals surface area contributed by atoms with E-state index in [0.29, 0.717) is 23.4 Å². The highest BCUT2D eigenvalue weighted by Crippen LogP contribution is 2.15. The number of benzene rings is 2. The number of hydrogen-bond acceptors (Lipinski definition) is 4. The molecule has 1 N–H and O–H groups in total. The number of nitriles is 1.